The van der Waals surface area contributed by atoms with Gasteiger partial charge in [0.1, 0.15) is 5.58 Å². The predicted molar refractivity (Wildman–Crippen MR) is 50.9 cm³/mol. The van der Waals surface area contributed by atoms with E-state index in [9.17, 15) is 4.79 Å². The van der Waals surface area contributed by atoms with Crippen LogP contribution in [0.4, 0.5) is 0 Å². The summed E-state index contributed by atoms with van der Waals surface area (Å²) < 4.78 is 5.88. The zero-order valence-electron chi connectivity index (χ0n) is 6.45. The van der Waals surface area contributed by atoms with Gasteiger partial charge in [-0.1, -0.05) is 12.1 Å². The molecule has 13 heavy (non-hydrogen) atoms. The fourth-order valence-electron chi connectivity index (χ4n) is 1.13. The quantitative estimate of drug-likeness (QED) is 0.834. The molecule has 0 saturated heterocycles. The zero-order chi connectivity index (χ0) is 9.42. The second-order valence-corrected chi connectivity index (χ2v) is 3.43. The number of halogens is 1. The Morgan fingerprint density at radius 1 is 1.46 bits per heavy atom. The van der Waals surface area contributed by atoms with E-state index in [0.29, 0.717) is 5.58 Å². The molecule has 0 atom stereocenters. The molecule has 3 nitrogen and oxygen atoms in total. The van der Waals surface area contributed by atoms with Gasteiger partial charge >= 0.3 is 5.97 Å². The third-order valence-electron chi connectivity index (χ3n) is 1.71. The SMILES string of the molecule is O=C(O)c1cc2cccc(Br)c2o1. The van der Waals surface area contributed by atoms with Crippen molar-refractivity contribution < 1.29 is 14.3 Å². The molecule has 1 aromatic carbocycles. The van der Waals surface area contributed by atoms with Gasteiger partial charge < -0.3 is 9.52 Å². The van der Waals surface area contributed by atoms with Crippen LogP contribution in [0.2, 0.25) is 0 Å². The number of para-hydroxylation sites is 1. The lowest BCUT2D eigenvalue weighted by atomic mass is 10.2. The van der Waals surface area contributed by atoms with Gasteiger partial charge in [-0.2, -0.15) is 0 Å². The highest BCUT2D eigenvalue weighted by Crippen LogP contribution is 2.26. The zero-order valence-corrected chi connectivity index (χ0v) is 8.04. The first-order valence-electron chi connectivity index (χ1n) is 3.60. The Kier molecular flexibility index (Phi) is 1.84. The second-order valence-electron chi connectivity index (χ2n) is 2.57. The summed E-state index contributed by atoms with van der Waals surface area (Å²) in [6, 6.07) is 6.93. The summed E-state index contributed by atoms with van der Waals surface area (Å²) in [6.07, 6.45) is 0. The van der Waals surface area contributed by atoms with Crippen molar-refractivity contribution >= 4 is 32.9 Å². The topological polar surface area (TPSA) is 50.4 Å². The van der Waals surface area contributed by atoms with Crippen LogP contribution in [0.25, 0.3) is 11.0 Å². The Morgan fingerprint density at radius 3 is 2.85 bits per heavy atom. The summed E-state index contributed by atoms with van der Waals surface area (Å²) in [5, 5.41) is 9.45. The van der Waals surface area contributed by atoms with Crippen molar-refractivity contribution in [2.45, 2.75) is 0 Å². The highest BCUT2D eigenvalue weighted by molar-refractivity contribution is 9.10. The molecular formula is C9H5BrO3. The maximum atomic E-state index is 10.6. The minimum absolute atomic E-state index is 0.0399. The molecule has 66 valence electrons. The Bertz CT molecular complexity index is 473. The molecule has 0 aliphatic heterocycles. The summed E-state index contributed by atoms with van der Waals surface area (Å²) in [7, 11) is 0. The highest BCUT2D eigenvalue weighted by atomic mass is 79.9. The van der Waals surface area contributed by atoms with Crippen LogP contribution in [0.1, 0.15) is 10.6 Å². The van der Waals surface area contributed by atoms with Crippen molar-refractivity contribution in [1.82, 2.24) is 0 Å². The third-order valence-corrected chi connectivity index (χ3v) is 2.33. The van der Waals surface area contributed by atoms with Crippen LogP contribution in [-0.4, -0.2) is 11.1 Å². The smallest absolute Gasteiger partial charge is 0.371 e. The van der Waals surface area contributed by atoms with E-state index < -0.39 is 5.97 Å². The number of fused-ring (bicyclic) bond motifs is 1. The van der Waals surface area contributed by atoms with Gasteiger partial charge in [0.2, 0.25) is 5.76 Å². The molecule has 4 heteroatoms. The number of hydrogen-bond acceptors (Lipinski definition) is 2. The molecule has 0 amide bonds. The molecular weight excluding hydrogens is 236 g/mol. The van der Waals surface area contributed by atoms with E-state index in [1.165, 1.54) is 6.07 Å². The minimum atomic E-state index is -1.05. The first-order valence-corrected chi connectivity index (χ1v) is 4.39. The van der Waals surface area contributed by atoms with Crippen LogP contribution < -0.4 is 0 Å². The van der Waals surface area contributed by atoms with Crippen LogP contribution in [0.15, 0.2) is 33.2 Å². The summed E-state index contributed by atoms with van der Waals surface area (Å²) in [5.74, 6) is -1.09. The summed E-state index contributed by atoms with van der Waals surface area (Å²) in [4.78, 5) is 10.6. The van der Waals surface area contributed by atoms with Gasteiger partial charge in [0, 0.05) is 5.39 Å². The average Bonchev–Trinajstić information content (AvgIpc) is 2.49. The lowest BCUT2D eigenvalue weighted by Gasteiger charge is -1.89. The van der Waals surface area contributed by atoms with Gasteiger partial charge in [-0.05, 0) is 28.1 Å². The summed E-state index contributed by atoms with van der Waals surface area (Å²) in [6.45, 7) is 0. The Balaban J connectivity index is 2.75. The van der Waals surface area contributed by atoms with E-state index in [4.69, 9.17) is 9.52 Å². The van der Waals surface area contributed by atoms with E-state index in [1.807, 2.05) is 6.07 Å². The maximum Gasteiger partial charge on any atom is 0.371 e. The highest BCUT2D eigenvalue weighted by Gasteiger charge is 2.11. The molecule has 0 aliphatic carbocycles. The maximum absolute atomic E-state index is 10.6. The van der Waals surface area contributed by atoms with Crippen LogP contribution in [0.5, 0.6) is 0 Å². The summed E-state index contributed by atoms with van der Waals surface area (Å²) in [5.41, 5.74) is 0.569. The fraction of sp³-hybridized carbons (Fsp3) is 0. The number of rotatable bonds is 1. The van der Waals surface area contributed by atoms with Crippen LogP contribution in [0, 0.1) is 0 Å². The predicted octanol–water partition coefficient (Wildman–Crippen LogP) is 2.89. The van der Waals surface area contributed by atoms with Gasteiger partial charge in [0.15, 0.2) is 0 Å². The molecule has 0 aliphatic rings. The van der Waals surface area contributed by atoms with Crippen LogP contribution in [-0.2, 0) is 0 Å². The van der Waals surface area contributed by atoms with Gasteiger partial charge in [0.25, 0.3) is 0 Å². The molecule has 0 spiro atoms. The molecule has 1 aromatic heterocycles. The number of carbonyl (C=O) groups is 1. The number of carboxylic acid groups (broad SMARTS) is 1. The van der Waals surface area contributed by atoms with Gasteiger partial charge in [-0.25, -0.2) is 4.79 Å². The minimum Gasteiger partial charge on any atom is -0.475 e. The van der Waals surface area contributed by atoms with E-state index in [0.717, 1.165) is 9.86 Å². The Labute approximate surface area is 82.1 Å². The Morgan fingerprint density at radius 2 is 2.23 bits per heavy atom. The van der Waals surface area contributed by atoms with Gasteiger partial charge in [-0.15, -0.1) is 0 Å². The van der Waals surface area contributed by atoms with E-state index in [2.05, 4.69) is 15.9 Å². The molecule has 0 bridgehead atoms. The van der Waals surface area contributed by atoms with Crippen molar-refractivity contribution in [3.63, 3.8) is 0 Å². The lowest BCUT2D eigenvalue weighted by Crippen LogP contribution is -1.91. The monoisotopic (exact) mass is 240 g/mol. The van der Waals surface area contributed by atoms with Gasteiger partial charge in [0.05, 0.1) is 4.47 Å². The van der Waals surface area contributed by atoms with E-state index >= 15 is 0 Å². The van der Waals surface area contributed by atoms with Gasteiger partial charge in [-0.3, -0.25) is 0 Å². The number of aromatic carboxylic acids is 1. The Hall–Kier alpha value is -1.29. The standard InChI is InChI=1S/C9H5BrO3/c10-6-3-1-2-5-4-7(9(11)12)13-8(5)6/h1-4H,(H,11,12). The van der Waals surface area contributed by atoms with E-state index in [-0.39, 0.29) is 5.76 Å². The molecule has 0 radical (unpaired) electrons. The molecule has 1 N–H and O–H groups in total. The lowest BCUT2D eigenvalue weighted by molar-refractivity contribution is 0.0665. The largest absolute Gasteiger partial charge is 0.475 e. The van der Waals surface area contributed by atoms with Crippen LogP contribution >= 0.6 is 15.9 Å². The summed E-state index contributed by atoms with van der Waals surface area (Å²) >= 11 is 3.27. The normalized spacial score (nSPS) is 10.5. The number of furan rings is 1. The first kappa shape index (κ1) is 8.31. The average molecular weight is 241 g/mol. The molecule has 2 aromatic rings. The second kappa shape index (κ2) is 2.88. The van der Waals surface area contributed by atoms with Crippen LogP contribution in [0.3, 0.4) is 0 Å². The van der Waals surface area contributed by atoms with Crippen molar-refractivity contribution in [2.75, 3.05) is 0 Å². The molecule has 2 rings (SSSR count). The van der Waals surface area contributed by atoms with Crippen molar-refractivity contribution in [2.24, 2.45) is 0 Å². The molecule has 0 saturated carbocycles. The van der Waals surface area contributed by atoms with Crippen molar-refractivity contribution in [3.8, 4) is 0 Å². The molecule has 0 fully saturated rings. The number of hydrogen-bond donors (Lipinski definition) is 1. The molecule has 0 unspecified atom stereocenters. The fourth-order valence-corrected chi connectivity index (χ4v) is 1.60. The van der Waals surface area contributed by atoms with Crippen molar-refractivity contribution in [3.05, 3.63) is 34.5 Å². The van der Waals surface area contributed by atoms with E-state index in [1.54, 1.807) is 12.1 Å². The first-order chi connectivity index (χ1) is 6.18. The number of benzene rings is 1. The molecule has 1 heterocycles. The van der Waals surface area contributed by atoms with Crippen molar-refractivity contribution in [1.29, 1.82) is 0 Å². The third kappa shape index (κ3) is 1.33. The number of carboxylic acids is 1.